The van der Waals surface area contributed by atoms with Gasteiger partial charge in [0.1, 0.15) is 5.58 Å². The summed E-state index contributed by atoms with van der Waals surface area (Å²) in [6, 6.07) is 1.77. The number of pyridine rings is 1. The molecule has 0 radical (unpaired) electrons. The molecular weight excluding hydrogens is 194 g/mol. The highest BCUT2D eigenvalue weighted by Gasteiger charge is 2.15. The van der Waals surface area contributed by atoms with Crippen LogP contribution in [-0.4, -0.2) is 16.1 Å². The smallest absolute Gasteiger partial charge is 0.303 e. The molecule has 4 heteroatoms. The number of hydrogen-bond acceptors (Lipinski definition) is 3. The minimum absolute atomic E-state index is 0.0621. The van der Waals surface area contributed by atoms with E-state index in [4.69, 9.17) is 9.52 Å². The van der Waals surface area contributed by atoms with Crippen molar-refractivity contribution in [1.29, 1.82) is 0 Å². The van der Waals surface area contributed by atoms with Crippen molar-refractivity contribution >= 4 is 16.9 Å². The molecule has 15 heavy (non-hydrogen) atoms. The summed E-state index contributed by atoms with van der Waals surface area (Å²) in [6.45, 7) is 1.87. The Bertz CT molecular complexity index is 489. The second-order valence-electron chi connectivity index (χ2n) is 3.56. The molecule has 1 unspecified atom stereocenters. The summed E-state index contributed by atoms with van der Waals surface area (Å²) in [6.07, 6.45) is 5.06. The lowest BCUT2D eigenvalue weighted by Gasteiger charge is -2.05. The van der Waals surface area contributed by atoms with Crippen molar-refractivity contribution < 1.29 is 14.3 Å². The molecule has 2 rings (SSSR count). The molecule has 0 bridgehead atoms. The molecule has 0 aromatic carbocycles. The van der Waals surface area contributed by atoms with Gasteiger partial charge in [-0.05, 0) is 12.0 Å². The van der Waals surface area contributed by atoms with Gasteiger partial charge in [0.2, 0.25) is 0 Å². The molecule has 0 fully saturated rings. The maximum absolute atomic E-state index is 10.6. The van der Waals surface area contributed by atoms with Crippen molar-refractivity contribution in [2.45, 2.75) is 19.3 Å². The number of rotatable bonds is 3. The highest BCUT2D eigenvalue weighted by molar-refractivity contribution is 5.81. The first-order valence-electron chi connectivity index (χ1n) is 4.71. The van der Waals surface area contributed by atoms with Crippen LogP contribution in [0.5, 0.6) is 0 Å². The zero-order valence-electron chi connectivity index (χ0n) is 8.30. The van der Waals surface area contributed by atoms with E-state index in [0.29, 0.717) is 0 Å². The van der Waals surface area contributed by atoms with Crippen LogP contribution in [0.25, 0.3) is 11.0 Å². The molecule has 0 aliphatic heterocycles. The Balaban J connectivity index is 2.39. The van der Waals surface area contributed by atoms with Crippen LogP contribution in [-0.2, 0) is 4.79 Å². The topological polar surface area (TPSA) is 63.3 Å². The number of fused-ring (bicyclic) bond motifs is 1. The third kappa shape index (κ3) is 1.83. The van der Waals surface area contributed by atoms with Gasteiger partial charge in [0, 0.05) is 23.3 Å². The number of nitrogens with zero attached hydrogens (tertiary/aromatic N) is 1. The zero-order valence-corrected chi connectivity index (χ0v) is 8.30. The summed E-state index contributed by atoms with van der Waals surface area (Å²) < 4.78 is 5.32. The number of carboxylic acids is 1. The van der Waals surface area contributed by atoms with Gasteiger partial charge in [-0.1, -0.05) is 6.92 Å². The minimum atomic E-state index is -0.805. The molecule has 2 aromatic heterocycles. The summed E-state index contributed by atoms with van der Waals surface area (Å²) in [5, 5.41) is 9.60. The molecule has 0 saturated heterocycles. The highest BCUT2D eigenvalue weighted by atomic mass is 16.4. The normalized spacial score (nSPS) is 12.9. The van der Waals surface area contributed by atoms with Crippen LogP contribution in [0.3, 0.4) is 0 Å². The van der Waals surface area contributed by atoms with Crippen LogP contribution < -0.4 is 0 Å². The van der Waals surface area contributed by atoms with Crippen molar-refractivity contribution in [3.8, 4) is 0 Å². The lowest BCUT2D eigenvalue weighted by Crippen LogP contribution is -2.02. The molecule has 2 aromatic rings. The van der Waals surface area contributed by atoms with Gasteiger partial charge in [-0.2, -0.15) is 0 Å². The van der Waals surface area contributed by atoms with Gasteiger partial charge >= 0.3 is 5.97 Å². The summed E-state index contributed by atoms with van der Waals surface area (Å²) >= 11 is 0. The van der Waals surface area contributed by atoms with Crippen LogP contribution in [0.1, 0.15) is 24.8 Å². The van der Waals surface area contributed by atoms with Gasteiger partial charge in [-0.3, -0.25) is 9.78 Å². The van der Waals surface area contributed by atoms with Crippen molar-refractivity contribution in [1.82, 2.24) is 4.98 Å². The first-order chi connectivity index (χ1) is 7.18. The molecular formula is C11H11NO3. The number of aliphatic carboxylic acids is 1. The zero-order chi connectivity index (χ0) is 10.8. The van der Waals surface area contributed by atoms with E-state index in [-0.39, 0.29) is 12.3 Å². The summed E-state index contributed by atoms with van der Waals surface area (Å²) in [5.74, 6) is -0.867. The molecule has 1 atom stereocenters. The second kappa shape index (κ2) is 3.73. The van der Waals surface area contributed by atoms with Gasteiger partial charge in [0.25, 0.3) is 0 Å². The Morgan fingerprint density at radius 2 is 2.47 bits per heavy atom. The maximum atomic E-state index is 10.6. The van der Waals surface area contributed by atoms with E-state index >= 15 is 0 Å². The molecule has 0 aliphatic rings. The third-order valence-corrected chi connectivity index (χ3v) is 2.42. The molecule has 1 N–H and O–H groups in total. The SMILES string of the molecule is CC(CC(=O)O)c1coc2ccncc12. The molecule has 2 heterocycles. The Morgan fingerprint density at radius 3 is 3.20 bits per heavy atom. The summed E-state index contributed by atoms with van der Waals surface area (Å²) in [5.41, 5.74) is 1.65. The van der Waals surface area contributed by atoms with E-state index in [9.17, 15) is 4.79 Å². The first-order valence-corrected chi connectivity index (χ1v) is 4.71. The maximum Gasteiger partial charge on any atom is 0.303 e. The predicted octanol–water partition coefficient (Wildman–Crippen LogP) is 2.41. The van der Waals surface area contributed by atoms with Crippen LogP contribution in [0.2, 0.25) is 0 Å². The van der Waals surface area contributed by atoms with Crippen molar-refractivity contribution in [2.75, 3.05) is 0 Å². The van der Waals surface area contributed by atoms with Gasteiger partial charge in [-0.15, -0.1) is 0 Å². The predicted molar refractivity (Wildman–Crippen MR) is 54.7 cm³/mol. The summed E-state index contributed by atoms with van der Waals surface area (Å²) in [4.78, 5) is 14.6. The van der Waals surface area contributed by atoms with E-state index in [0.717, 1.165) is 16.5 Å². The van der Waals surface area contributed by atoms with Crippen LogP contribution in [0.15, 0.2) is 29.1 Å². The van der Waals surface area contributed by atoms with Crippen molar-refractivity contribution in [2.24, 2.45) is 0 Å². The molecule has 0 aliphatic carbocycles. The molecule has 0 amide bonds. The Labute approximate surface area is 86.5 Å². The van der Waals surface area contributed by atoms with E-state index in [1.807, 2.05) is 6.92 Å². The number of furan rings is 1. The van der Waals surface area contributed by atoms with Gasteiger partial charge in [0.15, 0.2) is 0 Å². The Kier molecular flexibility index (Phi) is 2.41. The van der Waals surface area contributed by atoms with E-state index < -0.39 is 5.97 Å². The number of hydrogen-bond donors (Lipinski definition) is 1. The average Bonchev–Trinajstić information content (AvgIpc) is 2.59. The first kappa shape index (κ1) is 9.71. The second-order valence-corrected chi connectivity index (χ2v) is 3.56. The largest absolute Gasteiger partial charge is 0.481 e. The average molecular weight is 205 g/mol. The van der Waals surface area contributed by atoms with Crippen molar-refractivity contribution in [3.63, 3.8) is 0 Å². The quantitative estimate of drug-likeness (QED) is 0.835. The van der Waals surface area contributed by atoms with E-state index in [1.165, 1.54) is 0 Å². The standard InChI is InChI=1S/C11H11NO3/c1-7(4-11(13)14)9-6-15-10-2-3-12-5-8(9)10/h2-3,5-7H,4H2,1H3,(H,13,14). The van der Waals surface area contributed by atoms with Crippen LogP contribution in [0.4, 0.5) is 0 Å². The minimum Gasteiger partial charge on any atom is -0.481 e. The molecule has 78 valence electrons. The molecule has 0 spiro atoms. The lowest BCUT2D eigenvalue weighted by molar-refractivity contribution is -0.137. The third-order valence-electron chi connectivity index (χ3n) is 2.42. The van der Waals surface area contributed by atoms with Crippen LogP contribution >= 0.6 is 0 Å². The number of aromatic nitrogens is 1. The van der Waals surface area contributed by atoms with Gasteiger partial charge in [0.05, 0.1) is 12.7 Å². The lowest BCUT2D eigenvalue weighted by atomic mass is 9.98. The Morgan fingerprint density at radius 1 is 1.67 bits per heavy atom. The Hall–Kier alpha value is -1.84. The van der Waals surface area contributed by atoms with Crippen LogP contribution in [0, 0.1) is 0 Å². The van der Waals surface area contributed by atoms with E-state index in [1.54, 1.807) is 24.7 Å². The molecule has 0 saturated carbocycles. The van der Waals surface area contributed by atoms with Crippen molar-refractivity contribution in [3.05, 3.63) is 30.3 Å². The number of carbonyl (C=O) groups is 1. The van der Waals surface area contributed by atoms with E-state index in [2.05, 4.69) is 4.98 Å². The number of carboxylic acid groups (broad SMARTS) is 1. The summed E-state index contributed by atoms with van der Waals surface area (Å²) in [7, 11) is 0. The fraction of sp³-hybridized carbons (Fsp3) is 0.273. The fourth-order valence-corrected chi connectivity index (χ4v) is 1.65. The fourth-order valence-electron chi connectivity index (χ4n) is 1.65. The van der Waals surface area contributed by atoms with Gasteiger partial charge < -0.3 is 9.52 Å². The molecule has 4 nitrogen and oxygen atoms in total. The highest BCUT2D eigenvalue weighted by Crippen LogP contribution is 2.28. The monoisotopic (exact) mass is 205 g/mol. The van der Waals surface area contributed by atoms with Gasteiger partial charge in [-0.25, -0.2) is 0 Å².